The van der Waals surface area contributed by atoms with Crippen LogP contribution in [0.25, 0.3) is 0 Å². The number of piperazine rings is 1. The zero-order valence-corrected chi connectivity index (χ0v) is 11.4. The fraction of sp³-hybridized carbons (Fsp3) is 0.455. The highest BCUT2D eigenvalue weighted by molar-refractivity contribution is 7.89. The second-order valence-electron chi connectivity index (χ2n) is 4.24. The molecule has 1 aromatic heterocycles. The number of nitrogens with one attached hydrogen (secondary N) is 1. The number of nitrogens with zero attached hydrogens (tertiary/aromatic N) is 2. The fourth-order valence-electron chi connectivity index (χ4n) is 2.03. The maximum absolute atomic E-state index is 12.6. The molecule has 0 spiro atoms. The molecule has 1 saturated heterocycles. The van der Waals surface area contributed by atoms with Gasteiger partial charge in [0.25, 0.3) is 0 Å². The number of aromatic nitrogens is 1. The maximum Gasteiger partial charge on any atom is 0.245 e. The Morgan fingerprint density at radius 2 is 2.32 bits per heavy atom. The first-order valence-corrected chi connectivity index (χ1v) is 7.36. The summed E-state index contributed by atoms with van der Waals surface area (Å²) in [6.07, 6.45) is 1.49. The standard InChI is InChI=1S/C11H16N4O3S/c1-8-11(16)14-5-6-15(8)19(17,18)10-3-2-4-13-9(10)7-12/h2-4,8H,5-7,12H2,1H3,(H,14,16). The van der Waals surface area contributed by atoms with Crippen molar-refractivity contribution in [2.45, 2.75) is 24.4 Å². The van der Waals surface area contributed by atoms with E-state index in [1.165, 1.54) is 16.6 Å². The van der Waals surface area contributed by atoms with Crippen molar-refractivity contribution < 1.29 is 13.2 Å². The Kier molecular flexibility index (Phi) is 3.83. The molecule has 2 rings (SSSR count). The molecule has 0 radical (unpaired) electrons. The molecule has 19 heavy (non-hydrogen) atoms. The third-order valence-corrected chi connectivity index (χ3v) is 5.12. The lowest BCUT2D eigenvalue weighted by atomic mass is 10.2. The van der Waals surface area contributed by atoms with Gasteiger partial charge >= 0.3 is 0 Å². The topological polar surface area (TPSA) is 105 Å². The SMILES string of the molecule is CC1C(=O)NCCN1S(=O)(=O)c1cccnc1CN. The molecule has 1 aromatic rings. The van der Waals surface area contributed by atoms with Crippen LogP contribution >= 0.6 is 0 Å². The second kappa shape index (κ2) is 5.24. The number of rotatable bonds is 3. The largest absolute Gasteiger partial charge is 0.353 e. The summed E-state index contributed by atoms with van der Waals surface area (Å²) in [4.78, 5) is 15.6. The first kappa shape index (κ1) is 13.9. The van der Waals surface area contributed by atoms with E-state index in [4.69, 9.17) is 5.73 Å². The molecule has 1 aliphatic heterocycles. The van der Waals surface area contributed by atoms with Gasteiger partial charge in [0, 0.05) is 25.8 Å². The molecule has 7 nitrogen and oxygen atoms in total. The minimum absolute atomic E-state index is 0.0316. The van der Waals surface area contributed by atoms with Crippen LogP contribution in [0.1, 0.15) is 12.6 Å². The molecule has 3 N–H and O–H groups in total. The zero-order chi connectivity index (χ0) is 14.0. The van der Waals surface area contributed by atoms with E-state index in [-0.39, 0.29) is 23.9 Å². The monoisotopic (exact) mass is 284 g/mol. The molecule has 0 bridgehead atoms. The Balaban J connectivity index is 2.44. The minimum Gasteiger partial charge on any atom is -0.353 e. The van der Waals surface area contributed by atoms with Crippen LogP contribution in [-0.2, 0) is 21.4 Å². The summed E-state index contributed by atoms with van der Waals surface area (Å²) in [5, 5.41) is 2.63. The predicted octanol–water partition coefficient (Wildman–Crippen LogP) is -0.951. The van der Waals surface area contributed by atoms with Gasteiger partial charge in [0.2, 0.25) is 15.9 Å². The average molecular weight is 284 g/mol. The van der Waals surface area contributed by atoms with Gasteiger partial charge in [0.1, 0.15) is 10.9 Å². The van der Waals surface area contributed by atoms with Crippen molar-refractivity contribution in [2.24, 2.45) is 5.73 Å². The van der Waals surface area contributed by atoms with Gasteiger partial charge < -0.3 is 11.1 Å². The molecular formula is C11H16N4O3S. The summed E-state index contributed by atoms with van der Waals surface area (Å²) in [6, 6.07) is 2.27. The van der Waals surface area contributed by atoms with E-state index in [0.29, 0.717) is 12.2 Å². The fourth-order valence-corrected chi connectivity index (χ4v) is 3.81. The minimum atomic E-state index is -3.76. The van der Waals surface area contributed by atoms with Gasteiger partial charge in [-0.15, -0.1) is 0 Å². The summed E-state index contributed by atoms with van der Waals surface area (Å²) < 4.78 is 26.3. The van der Waals surface area contributed by atoms with Crippen LogP contribution in [0.3, 0.4) is 0 Å². The van der Waals surface area contributed by atoms with Crippen molar-refractivity contribution in [2.75, 3.05) is 13.1 Å². The smallest absolute Gasteiger partial charge is 0.245 e. The predicted molar refractivity (Wildman–Crippen MR) is 68.5 cm³/mol. The van der Waals surface area contributed by atoms with Crippen molar-refractivity contribution in [3.05, 3.63) is 24.0 Å². The number of carbonyl (C=O) groups excluding carboxylic acids is 1. The summed E-state index contributed by atoms with van der Waals surface area (Å²) in [7, 11) is -3.76. The molecule has 1 unspecified atom stereocenters. The number of carbonyl (C=O) groups is 1. The number of hydrogen-bond donors (Lipinski definition) is 2. The van der Waals surface area contributed by atoms with Crippen LogP contribution in [0, 0.1) is 0 Å². The van der Waals surface area contributed by atoms with Crippen LogP contribution in [0.2, 0.25) is 0 Å². The Bertz CT molecular complexity index is 587. The summed E-state index contributed by atoms with van der Waals surface area (Å²) in [6.45, 7) is 2.14. The van der Waals surface area contributed by atoms with E-state index >= 15 is 0 Å². The van der Waals surface area contributed by atoms with Crippen molar-refractivity contribution in [1.82, 2.24) is 14.6 Å². The van der Waals surface area contributed by atoms with Crippen LogP contribution in [0.5, 0.6) is 0 Å². The van der Waals surface area contributed by atoms with Gasteiger partial charge in [-0.1, -0.05) is 0 Å². The lowest BCUT2D eigenvalue weighted by Crippen LogP contribution is -2.55. The third-order valence-electron chi connectivity index (χ3n) is 3.07. The molecule has 0 aromatic carbocycles. The van der Waals surface area contributed by atoms with Gasteiger partial charge in [-0.2, -0.15) is 4.31 Å². The van der Waals surface area contributed by atoms with Crippen molar-refractivity contribution in [1.29, 1.82) is 0 Å². The molecule has 1 atom stereocenters. The lowest BCUT2D eigenvalue weighted by molar-refractivity contribution is -0.126. The second-order valence-corrected chi connectivity index (χ2v) is 6.09. The normalized spacial score (nSPS) is 21.2. The van der Waals surface area contributed by atoms with Crippen molar-refractivity contribution in [3.8, 4) is 0 Å². The molecule has 0 saturated carbocycles. The highest BCUT2D eigenvalue weighted by atomic mass is 32.2. The Morgan fingerprint density at radius 3 is 3.00 bits per heavy atom. The summed E-state index contributed by atoms with van der Waals surface area (Å²) >= 11 is 0. The quantitative estimate of drug-likeness (QED) is 0.744. The van der Waals surface area contributed by atoms with E-state index in [0.717, 1.165) is 0 Å². The highest BCUT2D eigenvalue weighted by Gasteiger charge is 2.36. The molecule has 1 fully saturated rings. The number of sulfonamides is 1. The van der Waals surface area contributed by atoms with Crippen LogP contribution in [0.4, 0.5) is 0 Å². The van der Waals surface area contributed by atoms with Crippen molar-refractivity contribution >= 4 is 15.9 Å². The Morgan fingerprint density at radius 1 is 1.58 bits per heavy atom. The van der Waals surface area contributed by atoms with Gasteiger partial charge in [-0.05, 0) is 19.1 Å². The number of hydrogen-bond acceptors (Lipinski definition) is 5. The van der Waals surface area contributed by atoms with E-state index in [9.17, 15) is 13.2 Å². The van der Waals surface area contributed by atoms with Crippen molar-refractivity contribution in [3.63, 3.8) is 0 Å². The average Bonchev–Trinajstić information content (AvgIpc) is 2.41. The first-order valence-electron chi connectivity index (χ1n) is 5.92. The molecule has 0 aliphatic carbocycles. The van der Waals surface area contributed by atoms with E-state index < -0.39 is 16.1 Å². The molecule has 1 amide bonds. The molecule has 1 aliphatic rings. The molecule has 8 heteroatoms. The highest BCUT2D eigenvalue weighted by Crippen LogP contribution is 2.21. The van der Waals surface area contributed by atoms with Crippen LogP contribution in [-0.4, -0.2) is 42.7 Å². The number of nitrogens with two attached hydrogens (primary N) is 1. The van der Waals surface area contributed by atoms with Gasteiger partial charge in [-0.25, -0.2) is 8.42 Å². The number of pyridine rings is 1. The molecule has 104 valence electrons. The zero-order valence-electron chi connectivity index (χ0n) is 10.5. The summed E-state index contributed by atoms with van der Waals surface area (Å²) in [5.74, 6) is -0.298. The number of amides is 1. The Labute approximate surface area is 111 Å². The van der Waals surface area contributed by atoms with Gasteiger partial charge in [-0.3, -0.25) is 9.78 Å². The third kappa shape index (κ3) is 2.46. The van der Waals surface area contributed by atoms with Gasteiger partial charge in [0.15, 0.2) is 0 Å². The molecule has 2 heterocycles. The summed E-state index contributed by atoms with van der Waals surface area (Å²) in [5.41, 5.74) is 5.82. The molecular weight excluding hydrogens is 268 g/mol. The van der Waals surface area contributed by atoms with Gasteiger partial charge in [0.05, 0.1) is 5.69 Å². The Hall–Kier alpha value is -1.51. The lowest BCUT2D eigenvalue weighted by Gasteiger charge is -2.32. The maximum atomic E-state index is 12.6. The van der Waals surface area contributed by atoms with E-state index in [2.05, 4.69) is 10.3 Å². The van der Waals surface area contributed by atoms with Crippen LogP contribution in [0.15, 0.2) is 23.2 Å². The van der Waals surface area contributed by atoms with E-state index in [1.807, 2.05) is 0 Å². The van der Waals surface area contributed by atoms with Crippen LogP contribution < -0.4 is 11.1 Å². The first-order chi connectivity index (χ1) is 8.98. The van der Waals surface area contributed by atoms with E-state index in [1.54, 1.807) is 13.0 Å².